The zero-order valence-corrected chi connectivity index (χ0v) is 40.1. The van der Waals surface area contributed by atoms with E-state index in [-0.39, 0.29) is 43.1 Å². The molecule has 2 unspecified atom stereocenters. The van der Waals surface area contributed by atoms with Gasteiger partial charge in [0.1, 0.15) is 0 Å². The predicted molar refractivity (Wildman–Crippen MR) is 223 cm³/mol. The average molecular weight is 831 g/mol. The monoisotopic (exact) mass is 829 g/mol. The number of carboxylic acids is 2. The van der Waals surface area contributed by atoms with E-state index in [1.165, 1.54) is 167 Å². The third-order valence-corrected chi connectivity index (χ3v) is 10.5. The quantitative estimate of drug-likeness (QED) is 0.0469. The minimum absolute atomic E-state index is 0. The van der Waals surface area contributed by atoms with Crippen LogP contribution in [0, 0.1) is 11.8 Å². The molecule has 0 rings (SSSR count). The summed E-state index contributed by atoms with van der Waals surface area (Å²) in [6.45, 7) is 11.6. The topological polar surface area (TPSA) is 138 Å². The van der Waals surface area contributed by atoms with Crippen molar-refractivity contribution in [2.24, 2.45) is 11.8 Å². The van der Waals surface area contributed by atoms with E-state index in [1.807, 2.05) is 0 Å². The molecule has 0 spiro atoms. The molecule has 0 radical (unpaired) electrons. The summed E-state index contributed by atoms with van der Waals surface area (Å²) in [5.41, 5.74) is 0. The molecule has 0 aromatic carbocycles. The van der Waals surface area contributed by atoms with Crippen LogP contribution in [-0.2, 0) is 38.7 Å². The van der Waals surface area contributed by atoms with Crippen LogP contribution in [0.15, 0.2) is 0 Å². The van der Waals surface area contributed by atoms with Gasteiger partial charge in [-0.2, -0.15) is 0 Å². The molecule has 0 aliphatic carbocycles. The number of carboxylic acid groups (broad SMARTS) is 2. The van der Waals surface area contributed by atoms with Gasteiger partial charge in [-0.15, -0.1) is 0 Å². The van der Waals surface area contributed by atoms with Crippen LogP contribution in [-0.4, -0.2) is 35.8 Å². The molecular formula is C46H88N2O6Zn. The fraction of sp³-hybridized carbons (Fsp3) is 0.913. The van der Waals surface area contributed by atoms with Crippen molar-refractivity contribution in [3.8, 4) is 0 Å². The average Bonchev–Trinajstić information content (AvgIpc) is 3.12. The summed E-state index contributed by atoms with van der Waals surface area (Å²) >= 11 is 0. The first-order valence-corrected chi connectivity index (χ1v) is 23.0. The first kappa shape index (κ1) is 57.8. The summed E-state index contributed by atoms with van der Waals surface area (Å²) in [7, 11) is 0. The smallest absolute Gasteiger partial charge is 0.548 e. The van der Waals surface area contributed by atoms with Gasteiger partial charge in [0.25, 0.3) is 0 Å². The Balaban J connectivity index is -0.000000966. The van der Waals surface area contributed by atoms with Crippen molar-refractivity contribution < 1.29 is 48.9 Å². The van der Waals surface area contributed by atoms with Gasteiger partial charge in [-0.25, -0.2) is 0 Å². The number of hydrogen-bond donors (Lipinski definition) is 2. The van der Waals surface area contributed by atoms with Crippen molar-refractivity contribution in [1.29, 1.82) is 0 Å². The van der Waals surface area contributed by atoms with Crippen LogP contribution in [0.2, 0.25) is 0 Å². The molecule has 0 aliphatic rings. The van der Waals surface area contributed by atoms with Gasteiger partial charge < -0.3 is 30.4 Å². The summed E-state index contributed by atoms with van der Waals surface area (Å²) in [5, 5.41) is 27.1. The molecule has 0 fully saturated rings. The van der Waals surface area contributed by atoms with Crippen LogP contribution in [0.3, 0.4) is 0 Å². The Kier molecular flexibility index (Phi) is 45.9. The number of hydrogen-bond acceptors (Lipinski definition) is 6. The van der Waals surface area contributed by atoms with Crippen LogP contribution in [0.25, 0.3) is 0 Å². The predicted octanol–water partition coefficient (Wildman–Crippen LogP) is 10.3. The molecule has 0 bridgehead atoms. The largest absolute Gasteiger partial charge is 2.00 e. The van der Waals surface area contributed by atoms with Gasteiger partial charge in [0.05, 0.1) is 24.0 Å². The van der Waals surface area contributed by atoms with E-state index >= 15 is 0 Å². The Hall–Kier alpha value is -1.50. The van der Waals surface area contributed by atoms with E-state index < -0.39 is 24.0 Å². The summed E-state index contributed by atoms with van der Waals surface area (Å²) in [4.78, 5) is 45.5. The van der Waals surface area contributed by atoms with Crippen LogP contribution < -0.4 is 20.8 Å². The Morgan fingerprint density at radius 1 is 0.364 bits per heavy atom. The Morgan fingerprint density at radius 3 is 0.709 bits per heavy atom. The van der Waals surface area contributed by atoms with Crippen molar-refractivity contribution in [1.82, 2.24) is 10.6 Å². The number of aliphatic carboxylic acids is 2. The van der Waals surface area contributed by atoms with E-state index in [2.05, 4.69) is 24.5 Å². The maximum Gasteiger partial charge on any atom is 2.00 e. The van der Waals surface area contributed by atoms with E-state index in [4.69, 9.17) is 0 Å². The number of unbranched alkanes of at least 4 members (excludes halogenated alkanes) is 28. The second kappa shape index (κ2) is 43.6. The minimum Gasteiger partial charge on any atom is -0.548 e. The Labute approximate surface area is 352 Å². The summed E-state index contributed by atoms with van der Waals surface area (Å²) in [6, 6.07) is -1.76. The van der Waals surface area contributed by atoms with Crippen LogP contribution in [0.1, 0.15) is 247 Å². The van der Waals surface area contributed by atoms with Crippen LogP contribution in [0.5, 0.6) is 0 Å². The van der Waals surface area contributed by atoms with E-state index in [0.29, 0.717) is 12.8 Å². The standard InChI is InChI=1S/2C23H45NO3.Zn/c2*1-4-5-6-7-8-9-10-11-12-13-14-15-16-17-18-19-21(25)24-22(20(2)3)23(26)27;/h2*20,22H,4-19H2,1-3H3,(H,24,25)(H,26,27);/q;;+2/p-2. The van der Waals surface area contributed by atoms with Gasteiger partial charge in [-0.1, -0.05) is 221 Å². The van der Waals surface area contributed by atoms with Gasteiger partial charge in [0.15, 0.2) is 0 Å². The summed E-state index contributed by atoms with van der Waals surface area (Å²) < 4.78 is 0. The Bertz CT molecular complexity index is 814. The van der Waals surface area contributed by atoms with Gasteiger partial charge in [-0.05, 0) is 24.7 Å². The molecule has 0 saturated heterocycles. The second-order valence-electron chi connectivity index (χ2n) is 16.6. The van der Waals surface area contributed by atoms with Gasteiger partial charge >= 0.3 is 19.5 Å². The normalized spacial score (nSPS) is 12.1. The molecule has 2 N–H and O–H groups in total. The van der Waals surface area contributed by atoms with Crippen LogP contribution in [0.4, 0.5) is 0 Å². The van der Waals surface area contributed by atoms with E-state index in [0.717, 1.165) is 25.7 Å². The summed E-state index contributed by atoms with van der Waals surface area (Å²) in [5.74, 6) is -3.05. The molecule has 0 aromatic rings. The first-order chi connectivity index (χ1) is 26.0. The second-order valence-corrected chi connectivity index (χ2v) is 16.6. The molecule has 0 heterocycles. The fourth-order valence-corrected chi connectivity index (χ4v) is 6.80. The third kappa shape index (κ3) is 41.9. The molecule has 55 heavy (non-hydrogen) atoms. The maximum atomic E-state index is 11.8. The molecule has 0 saturated carbocycles. The van der Waals surface area contributed by atoms with Gasteiger partial charge in [-0.3, -0.25) is 9.59 Å². The maximum absolute atomic E-state index is 11.8. The number of rotatable bonds is 38. The molecule has 0 aromatic heterocycles. The minimum atomic E-state index is -1.20. The third-order valence-electron chi connectivity index (χ3n) is 10.5. The van der Waals surface area contributed by atoms with E-state index in [9.17, 15) is 29.4 Å². The van der Waals surface area contributed by atoms with E-state index in [1.54, 1.807) is 27.7 Å². The van der Waals surface area contributed by atoms with Gasteiger partial charge in [0, 0.05) is 12.8 Å². The first-order valence-electron chi connectivity index (χ1n) is 23.0. The van der Waals surface area contributed by atoms with Gasteiger partial charge in [0.2, 0.25) is 11.8 Å². The van der Waals surface area contributed by atoms with Crippen molar-refractivity contribution in [2.45, 2.75) is 259 Å². The molecule has 8 nitrogen and oxygen atoms in total. The molecule has 2 atom stereocenters. The van der Waals surface area contributed by atoms with Crippen LogP contribution >= 0.6 is 0 Å². The fourth-order valence-electron chi connectivity index (χ4n) is 6.80. The molecule has 2 amide bonds. The number of amides is 2. The number of nitrogens with one attached hydrogen (secondary N) is 2. The molecule has 0 aliphatic heterocycles. The number of carbonyl (C=O) groups excluding carboxylic acids is 4. The Morgan fingerprint density at radius 2 is 0.545 bits per heavy atom. The van der Waals surface area contributed by atoms with Crippen molar-refractivity contribution >= 4 is 23.8 Å². The SMILES string of the molecule is CCCCCCCCCCCCCCCCCC(=O)NC(C(=O)[O-])C(C)C.CCCCCCCCCCCCCCCCCC(=O)NC(C(=O)[O-])C(C)C.[Zn+2]. The summed E-state index contributed by atoms with van der Waals surface area (Å²) in [6.07, 6.45) is 39.6. The molecule has 9 heteroatoms. The van der Waals surface area contributed by atoms with Crippen molar-refractivity contribution in [2.75, 3.05) is 0 Å². The zero-order chi connectivity index (χ0) is 40.7. The van der Waals surface area contributed by atoms with Crippen molar-refractivity contribution in [3.05, 3.63) is 0 Å². The van der Waals surface area contributed by atoms with Crippen molar-refractivity contribution in [3.63, 3.8) is 0 Å². The molecular weight excluding hydrogens is 742 g/mol. The number of carbonyl (C=O) groups is 4. The molecule has 320 valence electrons. The zero-order valence-electron chi connectivity index (χ0n) is 37.1.